The molecule has 0 radical (unpaired) electrons. The van der Waals surface area contributed by atoms with E-state index in [1.165, 1.54) is 18.2 Å². The first kappa shape index (κ1) is 15.4. The van der Waals surface area contributed by atoms with Gasteiger partial charge in [0, 0.05) is 39.3 Å². The molecule has 0 spiro atoms. The first-order valence-electron chi connectivity index (χ1n) is 7.57. The Morgan fingerprint density at radius 3 is 2.48 bits per heavy atom. The van der Waals surface area contributed by atoms with Crippen molar-refractivity contribution in [3.8, 4) is 11.3 Å². The first-order valence-corrected chi connectivity index (χ1v) is 7.57. The van der Waals surface area contributed by atoms with Crippen LogP contribution in [0.25, 0.3) is 22.2 Å². The molecule has 0 aliphatic heterocycles. The molecule has 0 saturated carbocycles. The molecule has 0 fully saturated rings. The second-order valence-electron chi connectivity index (χ2n) is 6.82. The van der Waals surface area contributed by atoms with E-state index in [0.29, 0.717) is 16.6 Å². The van der Waals surface area contributed by atoms with Crippen molar-refractivity contribution in [3.63, 3.8) is 0 Å². The lowest BCUT2D eigenvalue weighted by Gasteiger charge is -2.19. The van der Waals surface area contributed by atoms with E-state index < -0.39 is 5.82 Å². The van der Waals surface area contributed by atoms with E-state index in [0.717, 1.165) is 17.0 Å². The van der Waals surface area contributed by atoms with E-state index in [2.05, 4.69) is 30.7 Å². The molecule has 3 aromatic rings. The molecule has 1 aromatic carbocycles. The number of nitrogens with one attached hydrogen (secondary N) is 1. The molecule has 2 aromatic heterocycles. The Morgan fingerprint density at radius 2 is 1.83 bits per heavy atom. The maximum Gasteiger partial charge on any atom is 0.190 e. The number of hydrogen-bond acceptors (Lipinski definition) is 2. The fraction of sp³-hybridized carbons (Fsp3) is 0.263. The fourth-order valence-corrected chi connectivity index (χ4v) is 2.63. The van der Waals surface area contributed by atoms with Gasteiger partial charge >= 0.3 is 0 Å². The van der Waals surface area contributed by atoms with Crippen molar-refractivity contribution in [2.45, 2.75) is 33.1 Å². The molecule has 0 saturated heterocycles. The van der Waals surface area contributed by atoms with Crippen LogP contribution in [0.2, 0.25) is 0 Å². The Kier molecular flexibility index (Phi) is 3.55. The van der Waals surface area contributed by atoms with Crippen molar-refractivity contribution in [1.29, 1.82) is 0 Å². The van der Waals surface area contributed by atoms with Crippen LogP contribution in [-0.4, -0.2) is 9.97 Å². The van der Waals surface area contributed by atoms with Crippen molar-refractivity contribution in [3.05, 3.63) is 63.8 Å². The molecule has 0 aliphatic rings. The lowest BCUT2D eigenvalue weighted by molar-refractivity contribution is 0.567. The fourth-order valence-electron chi connectivity index (χ4n) is 2.63. The lowest BCUT2D eigenvalue weighted by Crippen LogP contribution is -2.14. The third-order valence-electron chi connectivity index (χ3n) is 3.94. The number of aromatic amines is 1. The van der Waals surface area contributed by atoms with Crippen molar-refractivity contribution < 1.29 is 4.39 Å². The highest BCUT2D eigenvalue weighted by atomic mass is 19.1. The maximum atomic E-state index is 13.3. The topological polar surface area (TPSA) is 45.8 Å². The van der Waals surface area contributed by atoms with E-state index in [1.54, 1.807) is 6.07 Å². The molecular weight excluding hydrogens is 291 g/mol. The zero-order chi connectivity index (χ0) is 16.8. The van der Waals surface area contributed by atoms with Gasteiger partial charge in [0.15, 0.2) is 5.43 Å². The number of benzene rings is 1. The van der Waals surface area contributed by atoms with Gasteiger partial charge in [0.05, 0.1) is 5.69 Å². The summed E-state index contributed by atoms with van der Waals surface area (Å²) >= 11 is 0. The normalized spacial score (nSPS) is 11.9. The Morgan fingerprint density at radius 1 is 1.09 bits per heavy atom. The predicted octanol–water partition coefficient (Wildman–Crippen LogP) is 4.34. The second-order valence-corrected chi connectivity index (χ2v) is 6.82. The van der Waals surface area contributed by atoms with Gasteiger partial charge in [-0.25, -0.2) is 4.39 Å². The monoisotopic (exact) mass is 310 g/mol. The summed E-state index contributed by atoms with van der Waals surface area (Å²) in [5.41, 5.74) is 3.82. The van der Waals surface area contributed by atoms with Gasteiger partial charge in [-0.05, 0) is 37.3 Å². The highest BCUT2D eigenvalue weighted by molar-refractivity contribution is 5.81. The summed E-state index contributed by atoms with van der Waals surface area (Å²) in [5, 5.41) is 0.352. The number of hydrogen-bond donors (Lipinski definition) is 1. The Bertz CT molecular complexity index is 952. The number of pyridine rings is 2. The molecule has 0 unspecified atom stereocenters. The molecular formula is C19H19FN2O. The molecule has 0 bridgehead atoms. The molecule has 0 atom stereocenters. The lowest BCUT2D eigenvalue weighted by atomic mass is 9.91. The van der Waals surface area contributed by atoms with Gasteiger partial charge in [0.2, 0.25) is 0 Å². The minimum atomic E-state index is -0.414. The van der Waals surface area contributed by atoms with Crippen LogP contribution in [0.4, 0.5) is 4.39 Å². The number of fused-ring (bicyclic) bond motifs is 1. The molecule has 118 valence electrons. The Balaban J connectivity index is 2.18. The van der Waals surface area contributed by atoms with E-state index in [9.17, 15) is 9.18 Å². The van der Waals surface area contributed by atoms with E-state index in [4.69, 9.17) is 0 Å². The quantitative estimate of drug-likeness (QED) is 0.727. The van der Waals surface area contributed by atoms with Gasteiger partial charge in [-0.3, -0.25) is 9.78 Å². The van der Waals surface area contributed by atoms with Crippen molar-refractivity contribution in [2.24, 2.45) is 0 Å². The number of rotatable bonds is 1. The summed E-state index contributed by atoms with van der Waals surface area (Å²) in [5.74, 6) is -0.414. The molecule has 3 nitrogen and oxygen atoms in total. The van der Waals surface area contributed by atoms with Gasteiger partial charge in [0.25, 0.3) is 0 Å². The molecule has 0 aliphatic carbocycles. The van der Waals surface area contributed by atoms with E-state index >= 15 is 0 Å². The average molecular weight is 310 g/mol. The summed E-state index contributed by atoms with van der Waals surface area (Å²) < 4.78 is 13.3. The van der Waals surface area contributed by atoms with E-state index in [1.807, 2.05) is 19.1 Å². The van der Waals surface area contributed by atoms with Crippen LogP contribution in [-0.2, 0) is 5.41 Å². The molecule has 23 heavy (non-hydrogen) atoms. The van der Waals surface area contributed by atoms with Crippen molar-refractivity contribution in [1.82, 2.24) is 9.97 Å². The average Bonchev–Trinajstić information content (AvgIpc) is 2.47. The standard InChI is InChI=1S/C19H19FN2O/c1-11-13(6-8-18(21-11)19(2,3)4)16-10-17(23)14-9-12(20)5-7-15(14)22-16/h5-10H,1-4H3,(H,22,23). The van der Waals surface area contributed by atoms with Crippen LogP contribution < -0.4 is 5.43 Å². The van der Waals surface area contributed by atoms with E-state index in [-0.39, 0.29) is 10.8 Å². The largest absolute Gasteiger partial charge is 0.354 e. The van der Waals surface area contributed by atoms with Crippen LogP contribution in [0.3, 0.4) is 0 Å². The first-order chi connectivity index (χ1) is 10.8. The van der Waals surface area contributed by atoms with Crippen LogP contribution >= 0.6 is 0 Å². The summed E-state index contributed by atoms with van der Waals surface area (Å²) in [6.07, 6.45) is 0. The molecule has 4 heteroatoms. The number of H-pyrrole nitrogens is 1. The minimum Gasteiger partial charge on any atom is -0.354 e. The van der Waals surface area contributed by atoms with Gasteiger partial charge in [-0.2, -0.15) is 0 Å². The maximum absolute atomic E-state index is 13.3. The van der Waals surface area contributed by atoms with Gasteiger partial charge in [-0.15, -0.1) is 0 Å². The van der Waals surface area contributed by atoms with Crippen molar-refractivity contribution >= 4 is 10.9 Å². The number of nitrogens with zero attached hydrogens (tertiary/aromatic N) is 1. The summed E-state index contributed by atoms with van der Waals surface area (Å²) in [4.78, 5) is 20.1. The molecule has 0 amide bonds. The molecule has 1 N–H and O–H groups in total. The number of halogens is 1. The highest BCUT2D eigenvalue weighted by Gasteiger charge is 2.17. The Hall–Kier alpha value is -2.49. The summed E-state index contributed by atoms with van der Waals surface area (Å²) in [6.45, 7) is 8.26. The zero-order valence-corrected chi connectivity index (χ0v) is 13.7. The third kappa shape index (κ3) is 2.89. The third-order valence-corrected chi connectivity index (χ3v) is 3.94. The van der Waals surface area contributed by atoms with Gasteiger partial charge < -0.3 is 4.98 Å². The summed E-state index contributed by atoms with van der Waals surface area (Å²) in [7, 11) is 0. The number of aryl methyl sites for hydroxylation is 1. The highest BCUT2D eigenvalue weighted by Crippen LogP contribution is 2.26. The van der Waals surface area contributed by atoms with Crippen LogP contribution in [0, 0.1) is 12.7 Å². The Labute approximate surface area is 134 Å². The van der Waals surface area contributed by atoms with Gasteiger partial charge in [-0.1, -0.05) is 20.8 Å². The molecule has 2 heterocycles. The second kappa shape index (κ2) is 5.30. The number of aromatic nitrogens is 2. The minimum absolute atomic E-state index is 0.0301. The van der Waals surface area contributed by atoms with Crippen LogP contribution in [0.5, 0.6) is 0 Å². The van der Waals surface area contributed by atoms with Gasteiger partial charge in [0.1, 0.15) is 5.82 Å². The predicted molar refractivity (Wildman–Crippen MR) is 91.2 cm³/mol. The van der Waals surface area contributed by atoms with Crippen LogP contribution in [0.15, 0.2) is 41.2 Å². The molecule has 3 rings (SSSR count). The summed E-state index contributed by atoms with van der Waals surface area (Å²) in [6, 6.07) is 9.64. The zero-order valence-electron chi connectivity index (χ0n) is 13.7. The van der Waals surface area contributed by atoms with Crippen molar-refractivity contribution in [2.75, 3.05) is 0 Å². The van der Waals surface area contributed by atoms with Crippen LogP contribution in [0.1, 0.15) is 32.2 Å². The smallest absolute Gasteiger partial charge is 0.190 e. The SMILES string of the molecule is Cc1nc(C(C)(C)C)ccc1-c1cc(=O)c2cc(F)ccc2[nH]1.